The summed E-state index contributed by atoms with van der Waals surface area (Å²) >= 11 is 0. The minimum atomic E-state index is -3.74. The van der Waals surface area contributed by atoms with Crippen LogP contribution in [0.1, 0.15) is 29.6 Å². The molecule has 10 nitrogen and oxygen atoms in total. The van der Waals surface area contributed by atoms with Crippen molar-refractivity contribution in [2.75, 3.05) is 31.2 Å². The normalized spacial score (nSPS) is 21.7. The van der Waals surface area contributed by atoms with Gasteiger partial charge in [0.2, 0.25) is 10.0 Å². The maximum atomic E-state index is 12.7. The summed E-state index contributed by atoms with van der Waals surface area (Å²) in [5.41, 5.74) is 5.20. The number of nitrogens with two attached hydrogens (primary N) is 1. The molecule has 2 saturated heterocycles. The molecule has 1 aromatic carbocycles. The third kappa shape index (κ3) is 5.06. The number of sulfone groups is 1. The lowest BCUT2D eigenvalue weighted by molar-refractivity contribution is -0.123. The lowest BCUT2D eigenvalue weighted by atomic mass is 10.2. The average Bonchev–Trinajstić information content (AvgIpc) is 3.30. The van der Waals surface area contributed by atoms with Crippen LogP contribution in [-0.4, -0.2) is 70.2 Å². The lowest BCUT2D eigenvalue weighted by Gasteiger charge is -2.17. The van der Waals surface area contributed by atoms with Crippen molar-refractivity contribution in [2.24, 2.45) is 5.73 Å². The van der Waals surface area contributed by atoms with Crippen LogP contribution in [-0.2, 0) is 24.7 Å². The number of sulfonamides is 1. The van der Waals surface area contributed by atoms with Crippen LogP contribution >= 0.6 is 0 Å². The summed E-state index contributed by atoms with van der Waals surface area (Å²) in [5, 5.41) is 2.56. The Bertz CT molecular complexity index is 1020. The highest BCUT2D eigenvalue weighted by Gasteiger charge is 2.30. The van der Waals surface area contributed by atoms with Gasteiger partial charge in [-0.1, -0.05) is 0 Å². The fraction of sp³-hybridized carbons (Fsp3) is 0.529. The molecule has 0 bridgehead atoms. The van der Waals surface area contributed by atoms with Gasteiger partial charge in [0.15, 0.2) is 16.4 Å². The molecule has 160 valence electrons. The van der Waals surface area contributed by atoms with Crippen LogP contribution in [0, 0.1) is 0 Å². The molecule has 0 aliphatic carbocycles. The van der Waals surface area contributed by atoms with Gasteiger partial charge in [-0.25, -0.2) is 16.8 Å². The molecule has 3 rings (SSSR count). The van der Waals surface area contributed by atoms with Crippen LogP contribution in [0.25, 0.3) is 0 Å². The number of nitrogens with one attached hydrogen (secondary N) is 1. The van der Waals surface area contributed by atoms with E-state index in [0.29, 0.717) is 19.5 Å². The van der Waals surface area contributed by atoms with E-state index in [2.05, 4.69) is 5.32 Å². The second-order valence-corrected chi connectivity index (χ2v) is 11.3. The minimum absolute atomic E-state index is 0.0212. The number of nitrogens with zero attached hydrogens (tertiary/aromatic N) is 1. The van der Waals surface area contributed by atoms with Crippen LogP contribution in [0.15, 0.2) is 23.1 Å². The van der Waals surface area contributed by atoms with E-state index in [1.807, 2.05) is 0 Å². The van der Waals surface area contributed by atoms with Crippen LogP contribution in [0.2, 0.25) is 0 Å². The van der Waals surface area contributed by atoms with Crippen molar-refractivity contribution < 1.29 is 31.2 Å². The van der Waals surface area contributed by atoms with E-state index in [9.17, 15) is 26.4 Å². The largest absolute Gasteiger partial charge is 0.483 e. The summed E-state index contributed by atoms with van der Waals surface area (Å²) in [7, 11) is -6.87. The fourth-order valence-electron chi connectivity index (χ4n) is 3.39. The number of amides is 2. The van der Waals surface area contributed by atoms with Gasteiger partial charge in [0.25, 0.3) is 11.8 Å². The van der Waals surface area contributed by atoms with E-state index in [-0.39, 0.29) is 27.7 Å². The van der Waals surface area contributed by atoms with E-state index >= 15 is 0 Å². The molecule has 0 aromatic heterocycles. The molecule has 29 heavy (non-hydrogen) atoms. The Morgan fingerprint density at radius 2 is 1.93 bits per heavy atom. The molecule has 1 aromatic rings. The van der Waals surface area contributed by atoms with Gasteiger partial charge in [-0.2, -0.15) is 4.31 Å². The fourth-order valence-corrected chi connectivity index (χ4v) is 6.60. The number of hydrogen-bond acceptors (Lipinski definition) is 7. The predicted octanol–water partition coefficient (Wildman–Crippen LogP) is -0.748. The van der Waals surface area contributed by atoms with Crippen LogP contribution in [0.5, 0.6) is 5.75 Å². The summed E-state index contributed by atoms with van der Waals surface area (Å²) in [6, 6.07) is 3.26. The SMILES string of the molecule is NC(=O)c1cc(S(=O)(=O)N2CCCC2)ccc1OCC(=O)NC1CCS(=O)(=O)C1. The Morgan fingerprint density at radius 1 is 1.24 bits per heavy atom. The first-order valence-corrected chi connectivity index (χ1v) is 12.4. The molecular weight excluding hydrogens is 422 g/mol. The summed E-state index contributed by atoms with van der Waals surface area (Å²) in [6.07, 6.45) is 1.89. The molecule has 0 radical (unpaired) electrons. The van der Waals surface area contributed by atoms with Crippen LogP contribution in [0.4, 0.5) is 0 Å². The quantitative estimate of drug-likeness (QED) is 0.560. The third-order valence-corrected chi connectivity index (χ3v) is 8.54. The van der Waals surface area contributed by atoms with Crippen LogP contribution < -0.4 is 15.8 Å². The topological polar surface area (TPSA) is 153 Å². The standard InChI is InChI=1S/C17H23N3O7S2/c18-17(22)14-9-13(29(25,26)20-6-1-2-7-20)3-4-15(14)27-10-16(21)19-12-5-8-28(23,24)11-12/h3-4,9,12H,1-2,5-8,10-11H2,(H2,18,22)(H,19,21). The molecule has 2 heterocycles. The van der Waals surface area contributed by atoms with Gasteiger partial charge in [0.05, 0.1) is 22.0 Å². The minimum Gasteiger partial charge on any atom is -0.483 e. The van der Waals surface area contributed by atoms with Crippen molar-refractivity contribution in [3.63, 3.8) is 0 Å². The number of primary amides is 1. The van der Waals surface area contributed by atoms with E-state index in [4.69, 9.17) is 10.5 Å². The monoisotopic (exact) mass is 445 g/mol. The van der Waals surface area contributed by atoms with Crippen molar-refractivity contribution in [3.8, 4) is 5.75 Å². The second-order valence-electron chi connectivity index (χ2n) is 7.09. The molecule has 0 saturated carbocycles. The second kappa shape index (κ2) is 8.28. The molecule has 12 heteroatoms. The molecule has 1 unspecified atom stereocenters. The van der Waals surface area contributed by atoms with E-state index in [1.165, 1.54) is 16.4 Å². The molecule has 0 spiro atoms. The van der Waals surface area contributed by atoms with Crippen molar-refractivity contribution >= 4 is 31.7 Å². The molecule has 2 aliphatic heterocycles. The average molecular weight is 446 g/mol. The van der Waals surface area contributed by atoms with Gasteiger partial charge >= 0.3 is 0 Å². The van der Waals surface area contributed by atoms with Gasteiger partial charge < -0.3 is 15.8 Å². The van der Waals surface area contributed by atoms with Gasteiger partial charge in [0.1, 0.15) is 5.75 Å². The number of rotatable bonds is 7. The predicted molar refractivity (Wildman–Crippen MR) is 104 cm³/mol. The summed E-state index contributed by atoms with van der Waals surface area (Å²) in [4.78, 5) is 23.7. The Hall–Kier alpha value is -2.18. The molecule has 1 atom stereocenters. The molecule has 2 fully saturated rings. The van der Waals surface area contributed by atoms with Gasteiger partial charge in [-0.15, -0.1) is 0 Å². The highest BCUT2D eigenvalue weighted by atomic mass is 32.2. The first-order chi connectivity index (χ1) is 13.6. The number of carbonyl (C=O) groups excluding carboxylic acids is 2. The molecular formula is C17H23N3O7S2. The van der Waals surface area contributed by atoms with Crippen molar-refractivity contribution in [1.29, 1.82) is 0 Å². The lowest BCUT2D eigenvalue weighted by Crippen LogP contribution is -2.38. The highest BCUT2D eigenvalue weighted by Crippen LogP contribution is 2.26. The summed E-state index contributed by atoms with van der Waals surface area (Å²) in [6.45, 7) is 0.377. The zero-order valence-electron chi connectivity index (χ0n) is 15.7. The third-order valence-electron chi connectivity index (χ3n) is 4.88. The van der Waals surface area contributed by atoms with Gasteiger partial charge in [-0.05, 0) is 37.5 Å². The number of hydrogen-bond donors (Lipinski definition) is 2. The zero-order valence-corrected chi connectivity index (χ0v) is 17.3. The van der Waals surface area contributed by atoms with E-state index in [1.54, 1.807) is 0 Å². The van der Waals surface area contributed by atoms with Crippen molar-refractivity contribution in [3.05, 3.63) is 23.8 Å². The number of ether oxygens (including phenoxy) is 1. The maximum Gasteiger partial charge on any atom is 0.258 e. The van der Waals surface area contributed by atoms with Gasteiger partial charge in [0, 0.05) is 19.1 Å². The summed E-state index contributed by atoms with van der Waals surface area (Å²) in [5.74, 6) is -1.55. The summed E-state index contributed by atoms with van der Waals surface area (Å²) < 4.78 is 54.9. The maximum absolute atomic E-state index is 12.7. The Balaban J connectivity index is 1.69. The Labute approximate surface area is 169 Å². The van der Waals surface area contributed by atoms with Crippen molar-refractivity contribution in [1.82, 2.24) is 9.62 Å². The zero-order chi connectivity index (χ0) is 21.2. The number of benzene rings is 1. The van der Waals surface area contributed by atoms with E-state index in [0.717, 1.165) is 18.9 Å². The Morgan fingerprint density at radius 3 is 2.52 bits per heavy atom. The molecule has 2 amide bonds. The van der Waals surface area contributed by atoms with E-state index < -0.39 is 44.3 Å². The first kappa shape index (κ1) is 21.5. The Kier molecular flexibility index (Phi) is 6.15. The molecule has 3 N–H and O–H groups in total. The first-order valence-electron chi connectivity index (χ1n) is 9.15. The number of carbonyl (C=O) groups is 2. The van der Waals surface area contributed by atoms with Crippen molar-refractivity contribution in [2.45, 2.75) is 30.2 Å². The smallest absolute Gasteiger partial charge is 0.258 e. The molecule has 2 aliphatic rings. The highest BCUT2D eigenvalue weighted by molar-refractivity contribution is 7.91. The van der Waals surface area contributed by atoms with Crippen LogP contribution in [0.3, 0.4) is 0 Å². The van der Waals surface area contributed by atoms with Gasteiger partial charge in [-0.3, -0.25) is 9.59 Å².